The highest BCUT2D eigenvalue weighted by molar-refractivity contribution is 5.98. The molecule has 0 saturated carbocycles. The van der Waals surface area contributed by atoms with Crippen molar-refractivity contribution in [3.05, 3.63) is 47.5 Å². The van der Waals surface area contributed by atoms with Gasteiger partial charge in [-0.2, -0.15) is 0 Å². The van der Waals surface area contributed by atoms with E-state index in [0.29, 0.717) is 38.6 Å². The third kappa shape index (κ3) is 8.19. The highest BCUT2D eigenvalue weighted by atomic mass is 16.3. The molecule has 0 aliphatic heterocycles. The zero-order valence-corrected chi connectivity index (χ0v) is 19.8. The van der Waals surface area contributed by atoms with Crippen LogP contribution in [0.25, 0.3) is 0 Å². The molecule has 0 aliphatic carbocycles. The lowest BCUT2D eigenvalue weighted by Crippen LogP contribution is -2.35. The Labute approximate surface area is 208 Å². The molecule has 0 spiro atoms. The van der Waals surface area contributed by atoms with Crippen molar-refractivity contribution in [1.29, 1.82) is 0 Å². The van der Waals surface area contributed by atoms with E-state index < -0.39 is 29.1 Å². The van der Waals surface area contributed by atoms with Crippen molar-refractivity contribution in [3.63, 3.8) is 0 Å². The normalized spacial score (nSPS) is 10.4. The number of carbonyl (C=O) groups is 4. The second-order valence-corrected chi connectivity index (χ2v) is 8.01. The number of rotatable bonds is 14. The maximum atomic E-state index is 12.5. The van der Waals surface area contributed by atoms with E-state index in [1.807, 2.05) is 0 Å². The number of hydrogen-bond acceptors (Lipinski definition) is 8. The summed E-state index contributed by atoms with van der Waals surface area (Å²) in [7, 11) is 0. The summed E-state index contributed by atoms with van der Waals surface area (Å²) >= 11 is 0. The van der Waals surface area contributed by atoms with E-state index in [1.165, 1.54) is 36.4 Å². The van der Waals surface area contributed by atoms with Crippen molar-refractivity contribution in [2.75, 3.05) is 26.2 Å². The highest BCUT2D eigenvalue weighted by Gasteiger charge is 2.16. The van der Waals surface area contributed by atoms with Crippen molar-refractivity contribution >= 4 is 24.0 Å². The molecule has 0 aromatic heterocycles. The minimum Gasteiger partial charge on any atom is -0.504 e. The Hall–Kier alpha value is -4.28. The SMILES string of the molecule is O=CCCC(=O)N(CCCCNC(=O)c1cccc(O)c1O)CCCNC(=O)c1cccc(O)c1O. The fourth-order valence-electron chi connectivity index (χ4n) is 3.42. The van der Waals surface area contributed by atoms with Gasteiger partial charge in [0.15, 0.2) is 23.0 Å². The predicted molar refractivity (Wildman–Crippen MR) is 130 cm³/mol. The molecule has 11 heteroatoms. The predicted octanol–water partition coefficient (Wildman–Crippen LogP) is 1.65. The van der Waals surface area contributed by atoms with Crippen LogP contribution in [-0.2, 0) is 9.59 Å². The van der Waals surface area contributed by atoms with Crippen LogP contribution < -0.4 is 10.6 Å². The van der Waals surface area contributed by atoms with Gasteiger partial charge in [-0.1, -0.05) is 12.1 Å². The summed E-state index contributed by atoms with van der Waals surface area (Å²) in [6.45, 7) is 1.21. The maximum Gasteiger partial charge on any atom is 0.255 e. The summed E-state index contributed by atoms with van der Waals surface area (Å²) < 4.78 is 0. The molecule has 3 amide bonds. The van der Waals surface area contributed by atoms with Crippen molar-refractivity contribution in [2.24, 2.45) is 0 Å². The second-order valence-electron chi connectivity index (χ2n) is 8.01. The minimum atomic E-state index is -0.559. The number of unbranched alkanes of at least 4 members (excludes halogenated alkanes) is 1. The number of nitrogens with one attached hydrogen (secondary N) is 2. The molecule has 2 aromatic rings. The smallest absolute Gasteiger partial charge is 0.255 e. The number of carbonyl (C=O) groups excluding carboxylic acids is 4. The molecule has 2 rings (SSSR count). The Bertz CT molecular complexity index is 1070. The number of amides is 3. The third-order valence-corrected chi connectivity index (χ3v) is 5.38. The van der Waals surface area contributed by atoms with Gasteiger partial charge >= 0.3 is 0 Å². The molecule has 11 nitrogen and oxygen atoms in total. The first-order valence-corrected chi connectivity index (χ1v) is 11.6. The van der Waals surface area contributed by atoms with Crippen LogP contribution in [0.5, 0.6) is 23.0 Å². The molecule has 36 heavy (non-hydrogen) atoms. The first kappa shape index (κ1) is 28.0. The molecule has 0 fully saturated rings. The number of nitrogens with zero attached hydrogens (tertiary/aromatic N) is 1. The molecule has 2 aromatic carbocycles. The molecule has 0 heterocycles. The molecule has 0 radical (unpaired) electrons. The fraction of sp³-hybridized carbons (Fsp3) is 0.360. The number of aromatic hydroxyl groups is 4. The lowest BCUT2D eigenvalue weighted by atomic mass is 10.1. The maximum absolute atomic E-state index is 12.5. The van der Waals surface area contributed by atoms with Crippen LogP contribution in [0.4, 0.5) is 0 Å². The molecule has 0 unspecified atom stereocenters. The summed E-state index contributed by atoms with van der Waals surface area (Å²) in [6.07, 6.45) is 2.36. The van der Waals surface area contributed by atoms with Gasteiger partial charge in [-0.05, 0) is 43.5 Å². The van der Waals surface area contributed by atoms with Crippen LogP contribution in [0.2, 0.25) is 0 Å². The molecule has 0 aliphatic rings. The molecular formula is C25H31N3O8. The van der Waals surface area contributed by atoms with Crippen LogP contribution in [-0.4, -0.2) is 75.5 Å². The summed E-state index contributed by atoms with van der Waals surface area (Å²) in [5, 5.41) is 43.9. The number of aldehydes is 1. The Morgan fingerprint density at radius 3 is 1.78 bits per heavy atom. The van der Waals surface area contributed by atoms with Gasteiger partial charge in [0.05, 0.1) is 11.1 Å². The zero-order chi connectivity index (χ0) is 26.5. The molecule has 6 N–H and O–H groups in total. The van der Waals surface area contributed by atoms with Crippen LogP contribution in [0.15, 0.2) is 36.4 Å². The highest BCUT2D eigenvalue weighted by Crippen LogP contribution is 2.28. The van der Waals surface area contributed by atoms with Gasteiger partial charge < -0.3 is 40.8 Å². The van der Waals surface area contributed by atoms with Crippen molar-refractivity contribution < 1.29 is 39.6 Å². The van der Waals surface area contributed by atoms with E-state index in [4.69, 9.17) is 0 Å². The van der Waals surface area contributed by atoms with Crippen molar-refractivity contribution in [3.8, 4) is 23.0 Å². The van der Waals surface area contributed by atoms with Gasteiger partial charge in [0, 0.05) is 39.0 Å². The average Bonchev–Trinajstić information content (AvgIpc) is 2.86. The number of phenols is 4. The molecule has 0 bridgehead atoms. The average molecular weight is 502 g/mol. The largest absolute Gasteiger partial charge is 0.504 e. The van der Waals surface area contributed by atoms with E-state index in [9.17, 15) is 39.6 Å². The molecule has 194 valence electrons. The number of para-hydroxylation sites is 2. The van der Waals surface area contributed by atoms with E-state index >= 15 is 0 Å². The van der Waals surface area contributed by atoms with Gasteiger partial charge in [-0.15, -0.1) is 0 Å². The number of benzene rings is 2. The van der Waals surface area contributed by atoms with Crippen molar-refractivity contribution in [2.45, 2.75) is 32.1 Å². The van der Waals surface area contributed by atoms with Crippen LogP contribution in [0.3, 0.4) is 0 Å². The fourth-order valence-corrected chi connectivity index (χ4v) is 3.42. The van der Waals surface area contributed by atoms with Crippen LogP contribution in [0, 0.1) is 0 Å². The van der Waals surface area contributed by atoms with Crippen LogP contribution >= 0.6 is 0 Å². The second kappa shape index (κ2) is 14.2. The lowest BCUT2D eigenvalue weighted by molar-refractivity contribution is -0.132. The Balaban J connectivity index is 1.78. The Morgan fingerprint density at radius 1 is 0.750 bits per heavy atom. The summed E-state index contributed by atoms with van der Waals surface area (Å²) in [6, 6.07) is 8.17. The number of hydrogen-bond donors (Lipinski definition) is 6. The monoisotopic (exact) mass is 501 g/mol. The van der Waals surface area contributed by atoms with Gasteiger partial charge in [0.2, 0.25) is 5.91 Å². The van der Waals surface area contributed by atoms with E-state index in [1.54, 1.807) is 4.90 Å². The van der Waals surface area contributed by atoms with Gasteiger partial charge in [-0.3, -0.25) is 14.4 Å². The number of phenolic OH excluding ortho intramolecular Hbond substituents is 4. The zero-order valence-electron chi connectivity index (χ0n) is 19.8. The first-order valence-electron chi connectivity index (χ1n) is 11.6. The summed E-state index contributed by atoms with van der Waals surface area (Å²) in [5.74, 6) is -3.08. The molecular weight excluding hydrogens is 470 g/mol. The summed E-state index contributed by atoms with van der Waals surface area (Å²) in [4.78, 5) is 49.1. The van der Waals surface area contributed by atoms with E-state index in [2.05, 4.69) is 10.6 Å². The minimum absolute atomic E-state index is 0.0400. The summed E-state index contributed by atoms with van der Waals surface area (Å²) in [5.41, 5.74) is -0.100. The van der Waals surface area contributed by atoms with Gasteiger partial charge in [0.1, 0.15) is 6.29 Å². The van der Waals surface area contributed by atoms with E-state index in [-0.39, 0.29) is 48.7 Å². The van der Waals surface area contributed by atoms with Crippen molar-refractivity contribution in [1.82, 2.24) is 15.5 Å². The molecule has 0 atom stereocenters. The topological polar surface area (TPSA) is 176 Å². The quantitative estimate of drug-likeness (QED) is 0.129. The third-order valence-electron chi connectivity index (χ3n) is 5.38. The molecule has 0 saturated heterocycles. The van der Waals surface area contributed by atoms with Crippen LogP contribution in [0.1, 0.15) is 52.8 Å². The Morgan fingerprint density at radius 2 is 1.25 bits per heavy atom. The standard InChI is InChI=1S/C25H31N3O8/c29-16-5-11-21(32)28(15-6-13-27-25(36)18-8-4-10-20(31)23(18)34)14-2-1-12-26-24(35)17-7-3-9-19(30)22(17)33/h3-4,7-10,16,30-31,33-34H,1-2,5-6,11-15H2,(H,26,35)(H,27,36). The Kier molecular flexibility index (Phi) is 11.0. The van der Waals surface area contributed by atoms with Gasteiger partial charge in [-0.25, -0.2) is 0 Å². The van der Waals surface area contributed by atoms with Gasteiger partial charge in [0.25, 0.3) is 11.8 Å². The first-order chi connectivity index (χ1) is 17.3. The lowest BCUT2D eigenvalue weighted by Gasteiger charge is -2.23. The van der Waals surface area contributed by atoms with E-state index in [0.717, 1.165) is 0 Å².